The number of hydrogen-bond acceptors (Lipinski definition) is 6. The summed E-state index contributed by atoms with van der Waals surface area (Å²) in [5.41, 5.74) is 5.33. The summed E-state index contributed by atoms with van der Waals surface area (Å²) in [5, 5.41) is 13.4. The van der Waals surface area contributed by atoms with Crippen molar-refractivity contribution in [1.29, 1.82) is 0 Å². The van der Waals surface area contributed by atoms with Crippen molar-refractivity contribution >= 4 is 13.7 Å². The molecule has 0 radical (unpaired) electrons. The maximum Gasteiger partial charge on any atom is 0.472 e. The van der Waals surface area contributed by atoms with E-state index in [1.807, 2.05) is 6.08 Å². The van der Waals surface area contributed by atoms with Crippen LogP contribution in [-0.2, 0) is 18.4 Å². The lowest BCUT2D eigenvalue weighted by atomic mass is 10.1. The molecule has 0 spiro atoms. The number of carbonyl (C=O) groups excluding carboxylic acids is 1. The molecular weight excluding hydrogens is 623 g/mol. The van der Waals surface area contributed by atoms with Crippen LogP contribution in [0, 0.1) is 0 Å². The van der Waals surface area contributed by atoms with Crippen LogP contribution in [0.25, 0.3) is 0 Å². The Morgan fingerprint density at radius 1 is 0.708 bits per heavy atom. The first-order valence-corrected chi connectivity index (χ1v) is 19.4. The van der Waals surface area contributed by atoms with E-state index in [4.69, 9.17) is 14.8 Å². The third-order valence-electron chi connectivity index (χ3n) is 6.89. The number of nitrogens with two attached hydrogens (primary N) is 1. The molecule has 5 N–H and O–H groups in total. The second-order valence-corrected chi connectivity index (χ2v) is 12.8. The zero-order valence-electron chi connectivity index (χ0n) is 29.7. The predicted molar refractivity (Wildman–Crippen MR) is 202 cm³/mol. The number of rotatable bonds is 31. The minimum Gasteiger partial charge on any atom is -0.387 e. The number of nitrogens with one attached hydrogen (secondary N) is 1. The number of aliphatic hydroxyl groups is 1. The molecule has 3 unspecified atom stereocenters. The van der Waals surface area contributed by atoms with Gasteiger partial charge in [-0.2, -0.15) is 0 Å². The summed E-state index contributed by atoms with van der Waals surface area (Å²) in [5.74, 6) is -0.256. The molecular formula is C39H65N2O6P. The Labute approximate surface area is 292 Å². The van der Waals surface area contributed by atoms with Gasteiger partial charge in [0.25, 0.3) is 0 Å². The first-order valence-electron chi connectivity index (χ1n) is 17.9. The Kier molecular flexibility index (Phi) is 32.4. The van der Waals surface area contributed by atoms with Crippen molar-refractivity contribution in [3.63, 3.8) is 0 Å². The summed E-state index contributed by atoms with van der Waals surface area (Å²) < 4.78 is 21.9. The van der Waals surface area contributed by atoms with Crippen molar-refractivity contribution in [2.75, 3.05) is 19.8 Å². The molecule has 0 saturated heterocycles. The van der Waals surface area contributed by atoms with E-state index >= 15 is 0 Å². The van der Waals surface area contributed by atoms with Crippen LogP contribution in [0.2, 0.25) is 0 Å². The molecule has 8 nitrogen and oxygen atoms in total. The van der Waals surface area contributed by atoms with Gasteiger partial charge in [0.2, 0.25) is 5.91 Å². The van der Waals surface area contributed by atoms with E-state index in [1.54, 1.807) is 6.08 Å². The van der Waals surface area contributed by atoms with Gasteiger partial charge in [0.05, 0.1) is 25.4 Å². The molecule has 0 saturated carbocycles. The van der Waals surface area contributed by atoms with Crippen molar-refractivity contribution in [3.05, 3.63) is 97.2 Å². The fraction of sp³-hybridized carbons (Fsp3) is 0.564. The second-order valence-electron chi connectivity index (χ2n) is 11.3. The van der Waals surface area contributed by atoms with E-state index in [2.05, 4.69) is 104 Å². The Hall–Kier alpha value is -2.58. The third-order valence-corrected chi connectivity index (χ3v) is 7.88. The maximum atomic E-state index is 12.6. The molecule has 0 aliphatic rings. The lowest BCUT2D eigenvalue weighted by Crippen LogP contribution is -2.45. The van der Waals surface area contributed by atoms with E-state index in [0.717, 1.165) is 77.0 Å². The minimum absolute atomic E-state index is 0.0604. The Morgan fingerprint density at radius 2 is 1.21 bits per heavy atom. The molecule has 272 valence electrons. The molecule has 48 heavy (non-hydrogen) atoms. The molecule has 0 aliphatic heterocycles. The number of unbranched alkanes of at least 4 members (excludes halogenated alkanes) is 5. The normalized spacial score (nSPS) is 15.5. The van der Waals surface area contributed by atoms with Crippen LogP contribution < -0.4 is 11.1 Å². The SMILES string of the molecule is CC/C=C\C/C=C\C/C=C\C/C=C\C/C=C\C/C=C\CCCCC(=O)NC(COP(=O)(O)OCCN)C(O)/C=C/CC/C=C/CCCC. The lowest BCUT2D eigenvalue weighted by Gasteiger charge is -2.23. The van der Waals surface area contributed by atoms with Gasteiger partial charge in [0.15, 0.2) is 0 Å². The predicted octanol–water partition coefficient (Wildman–Crippen LogP) is 9.27. The highest BCUT2D eigenvalue weighted by molar-refractivity contribution is 7.47. The summed E-state index contributed by atoms with van der Waals surface area (Å²) in [4.78, 5) is 22.5. The van der Waals surface area contributed by atoms with Crippen LogP contribution in [0.3, 0.4) is 0 Å². The highest BCUT2D eigenvalue weighted by atomic mass is 31.2. The number of carbonyl (C=O) groups is 1. The van der Waals surface area contributed by atoms with Crippen molar-refractivity contribution < 1.29 is 28.4 Å². The van der Waals surface area contributed by atoms with Crippen LogP contribution in [0.15, 0.2) is 97.2 Å². The van der Waals surface area contributed by atoms with Crippen LogP contribution in [-0.4, -0.2) is 47.8 Å². The summed E-state index contributed by atoms with van der Waals surface area (Å²) in [6, 6.07) is -0.904. The fourth-order valence-electron chi connectivity index (χ4n) is 4.19. The second kappa shape index (κ2) is 34.3. The molecule has 0 aromatic carbocycles. The topological polar surface area (TPSA) is 131 Å². The summed E-state index contributed by atoms with van der Waals surface area (Å²) >= 11 is 0. The van der Waals surface area contributed by atoms with Crippen molar-refractivity contribution in [2.45, 2.75) is 122 Å². The van der Waals surface area contributed by atoms with E-state index in [1.165, 1.54) is 6.42 Å². The largest absolute Gasteiger partial charge is 0.472 e. The average Bonchev–Trinajstić information content (AvgIpc) is 3.07. The van der Waals surface area contributed by atoms with Crippen LogP contribution in [0.1, 0.15) is 110 Å². The number of phosphoric acid groups is 1. The first-order chi connectivity index (χ1) is 23.4. The first kappa shape index (κ1) is 45.4. The average molecular weight is 689 g/mol. The Balaban J connectivity index is 4.38. The monoisotopic (exact) mass is 688 g/mol. The highest BCUT2D eigenvalue weighted by Crippen LogP contribution is 2.43. The number of aliphatic hydroxyl groups excluding tert-OH is 1. The molecule has 3 atom stereocenters. The molecule has 0 aliphatic carbocycles. The summed E-state index contributed by atoms with van der Waals surface area (Å²) in [7, 11) is -4.35. The van der Waals surface area contributed by atoms with Gasteiger partial charge in [-0.15, -0.1) is 0 Å². The smallest absolute Gasteiger partial charge is 0.387 e. The number of phosphoric ester groups is 1. The van der Waals surface area contributed by atoms with E-state index < -0.39 is 20.0 Å². The van der Waals surface area contributed by atoms with Gasteiger partial charge in [-0.25, -0.2) is 4.57 Å². The molecule has 9 heteroatoms. The molecule has 0 aromatic heterocycles. The lowest BCUT2D eigenvalue weighted by molar-refractivity contribution is -0.123. The minimum atomic E-state index is -4.35. The van der Waals surface area contributed by atoms with E-state index in [0.29, 0.717) is 6.42 Å². The van der Waals surface area contributed by atoms with Crippen molar-refractivity contribution in [1.82, 2.24) is 5.32 Å². The zero-order valence-corrected chi connectivity index (χ0v) is 30.6. The maximum absolute atomic E-state index is 12.6. The molecule has 0 rings (SSSR count). The highest BCUT2D eigenvalue weighted by Gasteiger charge is 2.26. The Bertz CT molecular complexity index is 1060. The van der Waals surface area contributed by atoms with E-state index in [9.17, 15) is 19.4 Å². The van der Waals surface area contributed by atoms with Crippen molar-refractivity contribution in [3.8, 4) is 0 Å². The van der Waals surface area contributed by atoms with Gasteiger partial charge in [-0.1, -0.05) is 124 Å². The third kappa shape index (κ3) is 32.0. The molecule has 0 bridgehead atoms. The van der Waals surface area contributed by atoms with Gasteiger partial charge in [-0.05, 0) is 77.0 Å². The summed E-state index contributed by atoms with van der Waals surface area (Å²) in [6.07, 6.45) is 46.2. The number of amides is 1. The quantitative estimate of drug-likeness (QED) is 0.0324. The van der Waals surface area contributed by atoms with Crippen molar-refractivity contribution in [2.24, 2.45) is 5.73 Å². The van der Waals surface area contributed by atoms with Gasteiger partial charge >= 0.3 is 7.82 Å². The van der Waals surface area contributed by atoms with Crippen LogP contribution in [0.4, 0.5) is 0 Å². The molecule has 1 amide bonds. The summed E-state index contributed by atoms with van der Waals surface area (Å²) in [6.45, 7) is 3.84. The standard InChI is InChI=1S/C39H65N2O6P/c1-3-5-7-9-11-13-14-15-16-17-18-19-20-21-22-23-24-25-27-29-31-33-39(43)41-37(36-47-48(44,45)46-35-34-40)38(42)32-30-28-26-12-10-8-6-4-2/h5,7,10-13,15-16,18-19,21-22,24-25,30,32,37-38,42H,3-4,6,8-9,14,17,20,23,26-29,31,33-36,40H2,1-2H3,(H,41,43)(H,44,45)/b7-5-,12-10+,13-11-,16-15-,19-18-,22-21-,25-24-,32-30+. The molecule has 0 heterocycles. The Morgan fingerprint density at radius 3 is 1.77 bits per heavy atom. The van der Waals surface area contributed by atoms with Crippen LogP contribution >= 0.6 is 7.82 Å². The molecule has 0 aromatic rings. The molecule has 0 fully saturated rings. The fourth-order valence-corrected chi connectivity index (χ4v) is 4.95. The number of allylic oxidation sites excluding steroid dienone is 15. The number of hydrogen-bond donors (Lipinski definition) is 4. The van der Waals surface area contributed by atoms with Crippen LogP contribution in [0.5, 0.6) is 0 Å². The van der Waals surface area contributed by atoms with E-state index in [-0.39, 0.29) is 32.1 Å². The van der Waals surface area contributed by atoms with Gasteiger partial charge < -0.3 is 21.1 Å². The van der Waals surface area contributed by atoms with Gasteiger partial charge in [-0.3, -0.25) is 13.8 Å². The van der Waals surface area contributed by atoms with Gasteiger partial charge in [0, 0.05) is 13.0 Å². The zero-order chi connectivity index (χ0) is 35.4. The van der Waals surface area contributed by atoms with Gasteiger partial charge in [0.1, 0.15) is 0 Å².